The molecule has 0 bridgehead atoms. The Bertz CT molecular complexity index is 975. The van der Waals surface area contributed by atoms with Gasteiger partial charge in [-0.3, -0.25) is 9.59 Å². The first-order valence-corrected chi connectivity index (χ1v) is 10.9. The van der Waals surface area contributed by atoms with Gasteiger partial charge in [0.05, 0.1) is 0 Å². The van der Waals surface area contributed by atoms with E-state index in [0.717, 1.165) is 16.7 Å². The van der Waals surface area contributed by atoms with Crippen LogP contribution < -0.4 is 5.32 Å². The van der Waals surface area contributed by atoms with Crippen molar-refractivity contribution in [2.24, 2.45) is 0 Å². The zero-order valence-corrected chi connectivity index (χ0v) is 18.4. The molecule has 0 spiro atoms. The SMILES string of the molecule is CCCC(=O)N(Cc1ccc(Cl)cc1)[C@@H](C(=O)NCc1ccccc1)c1ccccc1. The molecule has 0 saturated heterocycles. The maximum Gasteiger partial charge on any atom is 0.247 e. The van der Waals surface area contributed by atoms with Crippen LogP contribution in [-0.4, -0.2) is 16.7 Å². The fraction of sp³-hybridized carbons (Fsp3) is 0.231. The molecule has 0 aromatic heterocycles. The van der Waals surface area contributed by atoms with E-state index < -0.39 is 6.04 Å². The van der Waals surface area contributed by atoms with Gasteiger partial charge < -0.3 is 10.2 Å². The molecule has 3 rings (SSSR count). The van der Waals surface area contributed by atoms with Gasteiger partial charge >= 0.3 is 0 Å². The lowest BCUT2D eigenvalue weighted by Crippen LogP contribution is -2.43. The Balaban J connectivity index is 1.91. The van der Waals surface area contributed by atoms with Crippen LogP contribution in [0.15, 0.2) is 84.9 Å². The van der Waals surface area contributed by atoms with E-state index in [4.69, 9.17) is 11.6 Å². The van der Waals surface area contributed by atoms with Crippen molar-refractivity contribution in [2.45, 2.75) is 38.9 Å². The van der Waals surface area contributed by atoms with Gasteiger partial charge in [0, 0.05) is 24.5 Å². The number of rotatable bonds is 9. The molecule has 0 aliphatic rings. The third-order valence-corrected chi connectivity index (χ3v) is 5.29. The third-order valence-electron chi connectivity index (χ3n) is 5.04. The molecule has 1 N–H and O–H groups in total. The Morgan fingerprint density at radius 3 is 2.10 bits per heavy atom. The van der Waals surface area contributed by atoms with Gasteiger partial charge in [-0.25, -0.2) is 0 Å². The number of hydrogen-bond donors (Lipinski definition) is 1. The van der Waals surface area contributed by atoms with E-state index in [1.54, 1.807) is 17.0 Å². The summed E-state index contributed by atoms with van der Waals surface area (Å²) in [5, 5.41) is 3.65. The number of nitrogens with zero attached hydrogens (tertiary/aromatic N) is 1. The third kappa shape index (κ3) is 6.43. The van der Waals surface area contributed by atoms with Crippen LogP contribution in [0.5, 0.6) is 0 Å². The van der Waals surface area contributed by atoms with Crippen molar-refractivity contribution in [1.82, 2.24) is 10.2 Å². The summed E-state index contributed by atoms with van der Waals surface area (Å²) in [5.74, 6) is -0.255. The lowest BCUT2D eigenvalue weighted by Gasteiger charge is -2.31. The van der Waals surface area contributed by atoms with Gasteiger partial charge in [-0.15, -0.1) is 0 Å². The van der Waals surface area contributed by atoms with E-state index in [1.165, 1.54) is 0 Å². The van der Waals surface area contributed by atoms with Crippen LogP contribution >= 0.6 is 11.6 Å². The predicted octanol–water partition coefficient (Wildman–Crippen LogP) is 5.53. The summed E-state index contributed by atoms with van der Waals surface area (Å²) >= 11 is 6.02. The summed E-state index contributed by atoms with van der Waals surface area (Å²) in [6, 6.07) is 25.8. The van der Waals surface area contributed by atoms with Gasteiger partial charge in [-0.1, -0.05) is 91.3 Å². The molecular weight excluding hydrogens is 408 g/mol. The zero-order valence-electron chi connectivity index (χ0n) is 17.6. The molecule has 0 radical (unpaired) electrons. The quantitative estimate of drug-likeness (QED) is 0.481. The minimum atomic E-state index is -0.723. The molecule has 5 heteroatoms. The lowest BCUT2D eigenvalue weighted by molar-refractivity contribution is -0.141. The molecule has 1 atom stereocenters. The van der Waals surface area contributed by atoms with Crippen molar-refractivity contribution < 1.29 is 9.59 Å². The molecule has 3 aromatic rings. The van der Waals surface area contributed by atoms with Crippen molar-refractivity contribution in [3.63, 3.8) is 0 Å². The molecule has 0 unspecified atom stereocenters. The van der Waals surface area contributed by atoms with E-state index in [9.17, 15) is 9.59 Å². The number of carbonyl (C=O) groups is 2. The summed E-state index contributed by atoms with van der Waals surface area (Å²) < 4.78 is 0. The standard InChI is InChI=1S/C26H27ClN2O2/c1-2-9-24(30)29(19-21-14-16-23(27)17-15-21)25(22-12-7-4-8-13-22)26(31)28-18-20-10-5-3-6-11-20/h3-8,10-17,25H,2,9,18-19H2,1H3,(H,28,31)/t25-/m1/s1. The van der Waals surface area contributed by atoms with Crippen molar-refractivity contribution in [3.05, 3.63) is 107 Å². The van der Waals surface area contributed by atoms with Gasteiger partial charge in [-0.05, 0) is 35.2 Å². The average Bonchev–Trinajstić information content (AvgIpc) is 2.80. The Morgan fingerprint density at radius 1 is 0.871 bits per heavy atom. The Morgan fingerprint density at radius 2 is 1.48 bits per heavy atom. The number of carbonyl (C=O) groups excluding carboxylic acids is 2. The second-order valence-corrected chi connectivity index (χ2v) is 7.85. The maximum absolute atomic E-state index is 13.4. The number of halogens is 1. The smallest absolute Gasteiger partial charge is 0.247 e. The van der Waals surface area contributed by atoms with Crippen LogP contribution in [0.4, 0.5) is 0 Å². The number of benzene rings is 3. The van der Waals surface area contributed by atoms with Crippen molar-refractivity contribution in [1.29, 1.82) is 0 Å². The molecular formula is C26H27ClN2O2. The fourth-order valence-corrected chi connectivity index (χ4v) is 3.58. The molecule has 0 saturated carbocycles. The first-order valence-electron chi connectivity index (χ1n) is 10.5. The number of nitrogens with one attached hydrogen (secondary N) is 1. The fourth-order valence-electron chi connectivity index (χ4n) is 3.46. The Kier molecular flexibility index (Phi) is 8.25. The first kappa shape index (κ1) is 22.6. The molecule has 0 aliphatic heterocycles. The number of hydrogen-bond acceptors (Lipinski definition) is 2. The van der Waals surface area contributed by atoms with Crippen LogP contribution in [0.25, 0.3) is 0 Å². The van der Waals surface area contributed by atoms with Crippen LogP contribution in [0, 0.1) is 0 Å². The maximum atomic E-state index is 13.4. The highest BCUT2D eigenvalue weighted by molar-refractivity contribution is 6.30. The second kappa shape index (κ2) is 11.3. The van der Waals surface area contributed by atoms with E-state index >= 15 is 0 Å². The highest BCUT2D eigenvalue weighted by Crippen LogP contribution is 2.25. The number of amides is 2. The van der Waals surface area contributed by atoms with Crippen LogP contribution in [0.1, 0.15) is 42.5 Å². The van der Waals surface area contributed by atoms with Gasteiger partial charge in [0.25, 0.3) is 0 Å². The molecule has 0 aliphatic carbocycles. The zero-order chi connectivity index (χ0) is 22.1. The molecule has 31 heavy (non-hydrogen) atoms. The Labute approximate surface area is 188 Å². The molecule has 0 heterocycles. The minimum Gasteiger partial charge on any atom is -0.350 e. The molecule has 4 nitrogen and oxygen atoms in total. The van der Waals surface area contributed by atoms with Crippen LogP contribution in [0.2, 0.25) is 5.02 Å². The summed E-state index contributed by atoms with van der Waals surface area (Å²) in [5.41, 5.74) is 2.71. The predicted molar refractivity (Wildman–Crippen MR) is 124 cm³/mol. The first-order chi connectivity index (χ1) is 15.1. The summed E-state index contributed by atoms with van der Waals surface area (Å²) in [4.78, 5) is 28.2. The molecule has 3 aromatic carbocycles. The minimum absolute atomic E-state index is 0.0545. The average molecular weight is 435 g/mol. The van der Waals surface area contributed by atoms with Gasteiger partial charge in [0.1, 0.15) is 6.04 Å². The van der Waals surface area contributed by atoms with E-state index in [2.05, 4.69) is 5.32 Å². The largest absolute Gasteiger partial charge is 0.350 e. The summed E-state index contributed by atoms with van der Waals surface area (Å²) in [6.07, 6.45) is 1.09. The monoisotopic (exact) mass is 434 g/mol. The van der Waals surface area contributed by atoms with Crippen molar-refractivity contribution in [2.75, 3.05) is 0 Å². The van der Waals surface area contributed by atoms with Gasteiger partial charge in [-0.2, -0.15) is 0 Å². The normalized spacial score (nSPS) is 11.5. The van der Waals surface area contributed by atoms with E-state index in [0.29, 0.717) is 31.0 Å². The van der Waals surface area contributed by atoms with Crippen LogP contribution in [-0.2, 0) is 22.7 Å². The molecule has 0 fully saturated rings. The van der Waals surface area contributed by atoms with Gasteiger partial charge in [0.15, 0.2) is 0 Å². The van der Waals surface area contributed by atoms with E-state index in [-0.39, 0.29) is 11.8 Å². The summed E-state index contributed by atoms with van der Waals surface area (Å²) in [7, 11) is 0. The lowest BCUT2D eigenvalue weighted by atomic mass is 10.0. The van der Waals surface area contributed by atoms with Crippen LogP contribution in [0.3, 0.4) is 0 Å². The summed E-state index contributed by atoms with van der Waals surface area (Å²) in [6.45, 7) is 2.69. The highest BCUT2D eigenvalue weighted by Gasteiger charge is 2.31. The topological polar surface area (TPSA) is 49.4 Å². The van der Waals surface area contributed by atoms with Crippen molar-refractivity contribution in [3.8, 4) is 0 Å². The molecule has 160 valence electrons. The van der Waals surface area contributed by atoms with E-state index in [1.807, 2.05) is 79.7 Å². The van der Waals surface area contributed by atoms with Gasteiger partial charge in [0.2, 0.25) is 11.8 Å². The highest BCUT2D eigenvalue weighted by atomic mass is 35.5. The molecule has 2 amide bonds. The van der Waals surface area contributed by atoms with Crippen molar-refractivity contribution >= 4 is 23.4 Å². The second-order valence-electron chi connectivity index (χ2n) is 7.41. The Hall–Kier alpha value is -3.11.